The summed E-state index contributed by atoms with van der Waals surface area (Å²) < 4.78 is 2.01. The lowest BCUT2D eigenvalue weighted by atomic mass is 10.0. The molecule has 3 N–H and O–H groups in total. The first-order valence-corrected chi connectivity index (χ1v) is 9.24. The molecule has 2 rings (SSSR count). The molecule has 2 heterocycles. The van der Waals surface area contributed by atoms with Crippen molar-refractivity contribution in [3.63, 3.8) is 0 Å². The standard InChI is InChI=1S/C17H32N6O.HI/c1-4-7-14(9-11-24)12-19-17(18-5-2)21-15-8-6-10-23-16(15)20-13(3)22-23;/h14-15,24H,4-12H2,1-3H3,(H2,18,19,21);1H. The first kappa shape index (κ1) is 22.1. The summed E-state index contributed by atoms with van der Waals surface area (Å²) in [6.45, 7) is 8.92. The topological polar surface area (TPSA) is 87.4 Å². The van der Waals surface area contributed by atoms with Crippen molar-refractivity contribution in [2.24, 2.45) is 10.9 Å². The molecule has 2 unspecified atom stereocenters. The number of fused-ring (bicyclic) bond motifs is 1. The third-order valence-corrected chi connectivity index (χ3v) is 4.38. The first-order valence-electron chi connectivity index (χ1n) is 9.24. The minimum atomic E-state index is 0. The molecule has 0 fully saturated rings. The molecule has 2 atom stereocenters. The second-order valence-electron chi connectivity index (χ2n) is 6.47. The van der Waals surface area contributed by atoms with E-state index in [9.17, 15) is 5.11 Å². The third kappa shape index (κ3) is 6.73. The van der Waals surface area contributed by atoms with Gasteiger partial charge < -0.3 is 15.7 Å². The van der Waals surface area contributed by atoms with Gasteiger partial charge in [-0.05, 0) is 45.4 Å². The van der Waals surface area contributed by atoms with Gasteiger partial charge in [-0.15, -0.1) is 24.0 Å². The second-order valence-corrected chi connectivity index (χ2v) is 6.47. The number of rotatable bonds is 8. The largest absolute Gasteiger partial charge is 0.396 e. The molecule has 0 saturated heterocycles. The van der Waals surface area contributed by atoms with Crippen molar-refractivity contribution in [2.75, 3.05) is 19.7 Å². The summed E-state index contributed by atoms with van der Waals surface area (Å²) in [7, 11) is 0. The van der Waals surface area contributed by atoms with E-state index in [0.29, 0.717) is 5.92 Å². The molecule has 25 heavy (non-hydrogen) atoms. The number of halogens is 1. The Morgan fingerprint density at radius 1 is 1.40 bits per heavy atom. The molecular weight excluding hydrogens is 431 g/mol. The number of aliphatic imine (C=N–C) groups is 1. The molecule has 0 radical (unpaired) electrons. The summed E-state index contributed by atoms with van der Waals surface area (Å²) in [5.74, 6) is 3.10. The van der Waals surface area contributed by atoms with Crippen molar-refractivity contribution in [3.8, 4) is 0 Å². The first-order chi connectivity index (χ1) is 11.7. The van der Waals surface area contributed by atoms with Gasteiger partial charge in [0.1, 0.15) is 11.6 Å². The number of aryl methyl sites for hydroxylation is 2. The van der Waals surface area contributed by atoms with Gasteiger partial charge in [0.25, 0.3) is 0 Å². The summed E-state index contributed by atoms with van der Waals surface area (Å²) in [6.07, 6.45) is 5.16. The highest BCUT2D eigenvalue weighted by molar-refractivity contribution is 14.0. The molecule has 1 aliphatic heterocycles. The maximum absolute atomic E-state index is 9.21. The van der Waals surface area contributed by atoms with Crippen LogP contribution in [0.25, 0.3) is 0 Å². The summed E-state index contributed by atoms with van der Waals surface area (Å²) in [6, 6.07) is 0.153. The molecule has 0 saturated carbocycles. The molecule has 1 aliphatic rings. The van der Waals surface area contributed by atoms with Crippen LogP contribution in [0.2, 0.25) is 0 Å². The average molecular weight is 464 g/mol. The highest BCUT2D eigenvalue weighted by Crippen LogP contribution is 2.22. The zero-order valence-corrected chi connectivity index (χ0v) is 18.0. The Hall–Kier alpha value is -0.900. The molecular formula is C17H33IN6O. The summed E-state index contributed by atoms with van der Waals surface area (Å²) in [5, 5.41) is 20.5. The van der Waals surface area contributed by atoms with Gasteiger partial charge in [-0.25, -0.2) is 9.67 Å². The van der Waals surface area contributed by atoms with E-state index in [1.165, 1.54) is 0 Å². The minimum absolute atomic E-state index is 0. The van der Waals surface area contributed by atoms with Gasteiger partial charge in [-0.2, -0.15) is 5.10 Å². The molecule has 0 aliphatic carbocycles. The highest BCUT2D eigenvalue weighted by Gasteiger charge is 2.24. The molecule has 7 nitrogen and oxygen atoms in total. The average Bonchev–Trinajstić information content (AvgIpc) is 2.94. The van der Waals surface area contributed by atoms with Crippen molar-refractivity contribution in [1.82, 2.24) is 25.4 Å². The predicted molar refractivity (Wildman–Crippen MR) is 111 cm³/mol. The van der Waals surface area contributed by atoms with E-state index in [2.05, 4.69) is 34.6 Å². The van der Waals surface area contributed by atoms with Crippen LogP contribution in [0.3, 0.4) is 0 Å². The second kappa shape index (κ2) is 11.7. The van der Waals surface area contributed by atoms with Crippen LogP contribution in [0.15, 0.2) is 4.99 Å². The number of nitrogens with one attached hydrogen (secondary N) is 2. The Morgan fingerprint density at radius 3 is 2.88 bits per heavy atom. The number of hydrogen-bond acceptors (Lipinski definition) is 4. The molecule has 8 heteroatoms. The maximum atomic E-state index is 9.21. The third-order valence-electron chi connectivity index (χ3n) is 4.38. The lowest BCUT2D eigenvalue weighted by Crippen LogP contribution is -2.41. The van der Waals surface area contributed by atoms with Crippen molar-refractivity contribution >= 4 is 29.9 Å². The predicted octanol–water partition coefficient (Wildman–Crippen LogP) is 2.39. The number of aromatic nitrogens is 3. The van der Waals surface area contributed by atoms with E-state index in [0.717, 1.165) is 69.3 Å². The van der Waals surface area contributed by atoms with Crippen LogP contribution in [0, 0.1) is 12.8 Å². The van der Waals surface area contributed by atoms with Crippen LogP contribution in [-0.4, -0.2) is 45.5 Å². The SMILES string of the molecule is CCCC(CCO)CN=C(NCC)NC1CCCn2nc(C)nc21.I. The molecule has 0 bridgehead atoms. The lowest BCUT2D eigenvalue weighted by molar-refractivity contribution is 0.253. The van der Waals surface area contributed by atoms with Crippen molar-refractivity contribution in [3.05, 3.63) is 11.6 Å². The quantitative estimate of drug-likeness (QED) is 0.313. The van der Waals surface area contributed by atoms with Crippen LogP contribution < -0.4 is 10.6 Å². The van der Waals surface area contributed by atoms with E-state index in [1.807, 2.05) is 11.6 Å². The molecule has 0 spiro atoms. The Labute approximate surface area is 168 Å². The lowest BCUT2D eigenvalue weighted by Gasteiger charge is -2.25. The Balaban J connectivity index is 0.00000312. The summed E-state index contributed by atoms with van der Waals surface area (Å²) in [4.78, 5) is 9.32. The van der Waals surface area contributed by atoms with E-state index >= 15 is 0 Å². The Kier molecular flexibility index (Phi) is 10.3. The number of aliphatic hydroxyl groups is 1. The van der Waals surface area contributed by atoms with Gasteiger partial charge in [-0.3, -0.25) is 4.99 Å². The van der Waals surface area contributed by atoms with Gasteiger partial charge in [0.15, 0.2) is 5.96 Å². The smallest absolute Gasteiger partial charge is 0.191 e. The molecule has 0 amide bonds. The van der Waals surface area contributed by atoms with Crippen molar-refractivity contribution in [1.29, 1.82) is 0 Å². The minimum Gasteiger partial charge on any atom is -0.396 e. The monoisotopic (exact) mass is 464 g/mol. The summed E-state index contributed by atoms with van der Waals surface area (Å²) >= 11 is 0. The number of hydrogen-bond donors (Lipinski definition) is 3. The molecule has 1 aromatic rings. The number of guanidine groups is 1. The van der Waals surface area contributed by atoms with Crippen LogP contribution >= 0.6 is 24.0 Å². The van der Waals surface area contributed by atoms with Crippen molar-refractivity contribution in [2.45, 2.75) is 65.5 Å². The van der Waals surface area contributed by atoms with E-state index < -0.39 is 0 Å². The van der Waals surface area contributed by atoms with Crippen molar-refractivity contribution < 1.29 is 5.11 Å². The van der Waals surface area contributed by atoms with Gasteiger partial charge in [-0.1, -0.05) is 13.3 Å². The van der Waals surface area contributed by atoms with E-state index in [4.69, 9.17) is 4.99 Å². The Morgan fingerprint density at radius 2 is 2.20 bits per heavy atom. The zero-order chi connectivity index (χ0) is 17.4. The fourth-order valence-electron chi connectivity index (χ4n) is 3.23. The zero-order valence-electron chi connectivity index (χ0n) is 15.7. The van der Waals surface area contributed by atoms with Crippen LogP contribution in [0.4, 0.5) is 0 Å². The summed E-state index contributed by atoms with van der Waals surface area (Å²) in [5.41, 5.74) is 0. The maximum Gasteiger partial charge on any atom is 0.191 e. The van der Waals surface area contributed by atoms with E-state index in [1.54, 1.807) is 0 Å². The number of nitrogens with zero attached hydrogens (tertiary/aromatic N) is 4. The molecule has 144 valence electrons. The number of aliphatic hydroxyl groups excluding tert-OH is 1. The van der Waals surface area contributed by atoms with Crippen LogP contribution in [0.5, 0.6) is 0 Å². The Bertz CT molecular complexity index is 527. The van der Waals surface area contributed by atoms with Gasteiger partial charge in [0.2, 0.25) is 0 Å². The van der Waals surface area contributed by atoms with Crippen LogP contribution in [-0.2, 0) is 6.54 Å². The van der Waals surface area contributed by atoms with Gasteiger partial charge >= 0.3 is 0 Å². The highest BCUT2D eigenvalue weighted by atomic mass is 127. The van der Waals surface area contributed by atoms with E-state index in [-0.39, 0.29) is 36.6 Å². The van der Waals surface area contributed by atoms with Gasteiger partial charge in [0, 0.05) is 26.2 Å². The fraction of sp³-hybridized carbons (Fsp3) is 0.824. The fourth-order valence-corrected chi connectivity index (χ4v) is 3.23. The molecule has 0 aromatic carbocycles. The normalized spacial score (nSPS) is 18.2. The van der Waals surface area contributed by atoms with Gasteiger partial charge in [0.05, 0.1) is 6.04 Å². The molecule has 1 aromatic heterocycles. The van der Waals surface area contributed by atoms with Crippen LogP contribution in [0.1, 0.15) is 63.6 Å².